The fourth-order valence-electron chi connectivity index (χ4n) is 4.09. The van der Waals surface area contributed by atoms with Gasteiger partial charge in [0.1, 0.15) is 11.5 Å². The van der Waals surface area contributed by atoms with Crippen LogP contribution in [0, 0.1) is 6.92 Å². The third-order valence-electron chi connectivity index (χ3n) is 5.67. The van der Waals surface area contributed by atoms with Crippen LogP contribution in [0.5, 0.6) is 5.75 Å². The number of methoxy groups -OCH3 is 1. The summed E-state index contributed by atoms with van der Waals surface area (Å²) in [6.45, 7) is 7.50. The first-order valence-electron chi connectivity index (χ1n) is 9.97. The van der Waals surface area contributed by atoms with Gasteiger partial charge in [0, 0.05) is 53.9 Å². The van der Waals surface area contributed by atoms with Gasteiger partial charge < -0.3 is 19.2 Å². The molecule has 2 aromatic carbocycles. The van der Waals surface area contributed by atoms with Crippen LogP contribution in [0.1, 0.15) is 16.8 Å². The standard InChI is InChI=1S/C23H27N3O3/c1-17-22(23(24-27)18-7-9-19(28-2)10-8-18)20-5-3-4-6-21(20)26(17)12-11-25-13-15-29-16-14-25/h3-10,27H,11-16H2,1-2H3. The summed E-state index contributed by atoms with van der Waals surface area (Å²) < 4.78 is 13.0. The molecular weight excluding hydrogens is 366 g/mol. The minimum absolute atomic E-state index is 0.575. The molecule has 1 fully saturated rings. The molecule has 0 saturated carbocycles. The van der Waals surface area contributed by atoms with Crippen LogP contribution < -0.4 is 4.74 Å². The smallest absolute Gasteiger partial charge is 0.119 e. The minimum atomic E-state index is 0.575. The van der Waals surface area contributed by atoms with Crippen LogP contribution in [0.25, 0.3) is 10.9 Å². The maximum Gasteiger partial charge on any atom is 0.119 e. The quantitative estimate of drug-likeness (QED) is 0.396. The lowest BCUT2D eigenvalue weighted by atomic mass is 9.99. The van der Waals surface area contributed by atoms with Gasteiger partial charge in [-0.1, -0.05) is 23.4 Å². The van der Waals surface area contributed by atoms with Crippen molar-refractivity contribution in [1.82, 2.24) is 9.47 Å². The predicted molar refractivity (Wildman–Crippen MR) is 114 cm³/mol. The molecule has 1 aromatic heterocycles. The molecule has 0 bridgehead atoms. The minimum Gasteiger partial charge on any atom is -0.497 e. The van der Waals surface area contributed by atoms with Crippen molar-refractivity contribution in [3.05, 3.63) is 65.4 Å². The van der Waals surface area contributed by atoms with Crippen LogP contribution in [-0.4, -0.2) is 60.3 Å². The van der Waals surface area contributed by atoms with E-state index in [2.05, 4.69) is 39.7 Å². The Kier molecular flexibility index (Phi) is 5.83. The van der Waals surface area contributed by atoms with Gasteiger partial charge in [-0.25, -0.2) is 0 Å². The van der Waals surface area contributed by atoms with Crippen molar-refractivity contribution in [2.45, 2.75) is 13.5 Å². The largest absolute Gasteiger partial charge is 0.497 e. The molecule has 0 radical (unpaired) electrons. The summed E-state index contributed by atoms with van der Waals surface area (Å²) in [4.78, 5) is 2.43. The van der Waals surface area contributed by atoms with Gasteiger partial charge in [0.25, 0.3) is 0 Å². The molecule has 0 unspecified atom stereocenters. The van der Waals surface area contributed by atoms with Crippen LogP contribution in [-0.2, 0) is 11.3 Å². The average molecular weight is 393 g/mol. The lowest BCUT2D eigenvalue weighted by Crippen LogP contribution is -2.38. The molecule has 1 aliphatic heterocycles. The summed E-state index contributed by atoms with van der Waals surface area (Å²) in [7, 11) is 1.64. The van der Waals surface area contributed by atoms with Gasteiger partial charge in [0.05, 0.1) is 20.3 Å². The van der Waals surface area contributed by atoms with E-state index in [4.69, 9.17) is 9.47 Å². The highest BCUT2D eigenvalue weighted by molar-refractivity contribution is 6.20. The number of oxime groups is 1. The third kappa shape index (κ3) is 3.86. The molecule has 4 rings (SSSR count). The van der Waals surface area contributed by atoms with E-state index in [-0.39, 0.29) is 0 Å². The number of morpholine rings is 1. The summed E-state index contributed by atoms with van der Waals surface area (Å²) >= 11 is 0. The van der Waals surface area contributed by atoms with Crippen LogP contribution in [0.4, 0.5) is 0 Å². The first kappa shape index (κ1) is 19.5. The van der Waals surface area contributed by atoms with Crippen molar-refractivity contribution < 1.29 is 14.7 Å². The highest BCUT2D eigenvalue weighted by Gasteiger charge is 2.21. The number of hydrogen-bond acceptors (Lipinski definition) is 5. The molecule has 0 spiro atoms. The Balaban J connectivity index is 1.72. The molecule has 3 aromatic rings. The number of hydrogen-bond donors (Lipinski definition) is 1. The molecule has 29 heavy (non-hydrogen) atoms. The third-order valence-corrected chi connectivity index (χ3v) is 5.67. The van der Waals surface area contributed by atoms with Crippen LogP contribution in [0.3, 0.4) is 0 Å². The number of rotatable bonds is 6. The average Bonchev–Trinajstić information content (AvgIpc) is 3.05. The molecule has 1 saturated heterocycles. The number of aromatic nitrogens is 1. The van der Waals surface area contributed by atoms with Gasteiger partial charge >= 0.3 is 0 Å². The number of para-hydroxylation sites is 1. The number of nitrogens with zero attached hydrogens (tertiary/aromatic N) is 3. The zero-order chi connectivity index (χ0) is 20.2. The summed E-state index contributed by atoms with van der Waals surface area (Å²) in [5.41, 5.74) is 4.65. The summed E-state index contributed by atoms with van der Waals surface area (Å²) in [5, 5.41) is 14.7. The van der Waals surface area contributed by atoms with E-state index in [1.807, 2.05) is 30.3 Å². The van der Waals surface area contributed by atoms with Crippen molar-refractivity contribution in [1.29, 1.82) is 0 Å². The number of benzene rings is 2. The molecule has 0 atom stereocenters. The first-order valence-corrected chi connectivity index (χ1v) is 9.97. The molecule has 0 aliphatic carbocycles. The SMILES string of the molecule is COc1ccc(C(=NO)c2c(C)n(CCN3CCOCC3)c3ccccc23)cc1. The second-order valence-corrected chi connectivity index (χ2v) is 7.26. The lowest BCUT2D eigenvalue weighted by Gasteiger charge is -2.27. The van der Waals surface area contributed by atoms with Crippen LogP contribution in [0.2, 0.25) is 0 Å². The monoisotopic (exact) mass is 393 g/mol. The second-order valence-electron chi connectivity index (χ2n) is 7.26. The van der Waals surface area contributed by atoms with Gasteiger partial charge in [-0.05, 0) is 37.3 Å². The zero-order valence-electron chi connectivity index (χ0n) is 17.0. The Morgan fingerprint density at radius 2 is 1.79 bits per heavy atom. The molecule has 1 N–H and O–H groups in total. The highest BCUT2D eigenvalue weighted by Crippen LogP contribution is 2.29. The maximum atomic E-state index is 9.91. The van der Waals surface area contributed by atoms with Crippen molar-refractivity contribution in [3.8, 4) is 5.75 Å². The van der Waals surface area contributed by atoms with Crippen molar-refractivity contribution in [3.63, 3.8) is 0 Å². The van der Waals surface area contributed by atoms with Gasteiger partial charge in [-0.15, -0.1) is 0 Å². The maximum absolute atomic E-state index is 9.91. The van der Waals surface area contributed by atoms with E-state index in [1.165, 1.54) is 0 Å². The molecule has 6 heteroatoms. The number of ether oxygens (including phenoxy) is 2. The van der Waals surface area contributed by atoms with Crippen molar-refractivity contribution in [2.75, 3.05) is 40.0 Å². The van der Waals surface area contributed by atoms with Gasteiger partial charge in [0.15, 0.2) is 0 Å². The van der Waals surface area contributed by atoms with Gasteiger partial charge in [0.2, 0.25) is 0 Å². The van der Waals surface area contributed by atoms with E-state index < -0.39 is 0 Å². The van der Waals surface area contributed by atoms with E-state index in [0.717, 1.165) is 72.9 Å². The van der Waals surface area contributed by atoms with Gasteiger partial charge in [-0.3, -0.25) is 4.90 Å². The van der Waals surface area contributed by atoms with Crippen molar-refractivity contribution >= 4 is 16.6 Å². The summed E-state index contributed by atoms with van der Waals surface area (Å²) in [6.07, 6.45) is 0. The predicted octanol–water partition coefficient (Wildman–Crippen LogP) is 3.52. The zero-order valence-corrected chi connectivity index (χ0v) is 17.0. The molecule has 6 nitrogen and oxygen atoms in total. The Morgan fingerprint density at radius 1 is 1.07 bits per heavy atom. The normalized spacial score (nSPS) is 15.7. The molecule has 0 amide bonds. The van der Waals surface area contributed by atoms with E-state index in [0.29, 0.717) is 5.71 Å². The lowest BCUT2D eigenvalue weighted by molar-refractivity contribution is 0.0365. The van der Waals surface area contributed by atoms with Crippen molar-refractivity contribution in [2.24, 2.45) is 5.16 Å². The number of fused-ring (bicyclic) bond motifs is 1. The molecule has 152 valence electrons. The van der Waals surface area contributed by atoms with E-state index >= 15 is 0 Å². The summed E-state index contributed by atoms with van der Waals surface area (Å²) in [6, 6.07) is 15.9. The van der Waals surface area contributed by atoms with Crippen LogP contribution >= 0.6 is 0 Å². The molecule has 2 heterocycles. The Morgan fingerprint density at radius 3 is 2.48 bits per heavy atom. The molecule has 1 aliphatic rings. The first-order chi connectivity index (χ1) is 14.2. The Hall–Kier alpha value is -2.83. The fraction of sp³-hybridized carbons (Fsp3) is 0.348. The Labute approximate surface area is 170 Å². The second kappa shape index (κ2) is 8.68. The van der Waals surface area contributed by atoms with E-state index in [1.54, 1.807) is 7.11 Å². The van der Waals surface area contributed by atoms with Gasteiger partial charge in [-0.2, -0.15) is 0 Å². The highest BCUT2D eigenvalue weighted by atomic mass is 16.5. The summed E-state index contributed by atoms with van der Waals surface area (Å²) in [5.74, 6) is 0.774. The topological polar surface area (TPSA) is 59.2 Å². The van der Waals surface area contributed by atoms with E-state index in [9.17, 15) is 5.21 Å². The fourth-order valence-corrected chi connectivity index (χ4v) is 4.09. The van der Waals surface area contributed by atoms with Crippen LogP contribution in [0.15, 0.2) is 53.7 Å². The Bertz CT molecular complexity index is 1000. The molecular formula is C23H27N3O3.